The zero-order valence-corrected chi connectivity index (χ0v) is 9.29. The molecule has 0 aliphatic rings. The molecule has 0 radical (unpaired) electrons. The van der Waals surface area contributed by atoms with Crippen LogP contribution in [0.3, 0.4) is 0 Å². The second-order valence-electron chi connectivity index (χ2n) is 3.75. The van der Waals surface area contributed by atoms with Crippen LogP contribution >= 0.6 is 8.03 Å². The number of allylic oxidation sites excluding steroid dienone is 1. The molecule has 0 bridgehead atoms. The summed E-state index contributed by atoms with van der Waals surface area (Å²) in [6, 6.07) is 0. The van der Waals surface area contributed by atoms with Crippen LogP contribution in [0.15, 0.2) is 12.7 Å². The molecule has 1 unspecified atom stereocenters. The van der Waals surface area contributed by atoms with E-state index in [0.717, 1.165) is 0 Å². The van der Waals surface area contributed by atoms with Gasteiger partial charge in [-0.2, -0.15) is 0 Å². The zero-order valence-electron chi connectivity index (χ0n) is 8.29. The first-order valence-electron chi connectivity index (χ1n) is 4.26. The molecule has 2 nitrogen and oxygen atoms in total. The van der Waals surface area contributed by atoms with Gasteiger partial charge < -0.3 is 4.89 Å². The summed E-state index contributed by atoms with van der Waals surface area (Å²) in [5.74, 6) is 0.317. The minimum absolute atomic E-state index is 0.159. The molecule has 0 saturated carbocycles. The minimum atomic E-state index is -2.55. The minimum Gasteiger partial charge on any atom is -0.346 e. The van der Waals surface area contributed by atoms with Crippen molar-refractivity contribution in [3.05, 3.63) is 12.7 Å². The molecule has 0 spiro atoms. The number of hydrogen-bond donors (Lipinski definition) is 1. The molecule has 0 amide bonds. The third kappa shape index (κ3) is 1.81. The van der Waals surface area contributed by atoms with Gasteiger partial charge in [0, 0.05) is 0 Å². The van der Waals surface area contributed by atoms with Gasteiger partial charge in [-0.05, 0) is 11.8 Å². The van der Waals surface area contributed by atoms with E-state index in [4.69, 9.17) is 0 Å². The maximum Gasteiger partial charge on any atom is 0.199 e. The van der Waals surface area contributed by atoms with Crippen molar-refractivity contribution in [2.45, 2.75) is 32.9 Å². The largest absolute Gasteiger partial charge is 0.346 e. The summed E-state index contributed by atoms with van der Waals surface area (Å²) < 4.78 is 11.2. The lowest BCUT2D eigenvalue weighted by Gasteiger charge is -2.35. The molecule has 0 aromatic rings. The van der Waals surface area contributed by atoms with E-state index in [9.17, 15) is 9.46 Å². The Hall–Kier alpha value is -0.0700. The number of hydrogen-bond acceptors (Lipinski definition) is 1. The smallest absolute Gasteiger partial charge is 0.199 e. The van der Waals surface area contributed by atoms with Gasteiger partial charge in [0.15, 0.2) is 8.03 Å². The Bertz CT molecular complexity index is 177. The first-order chi connectivity index (χ1) is 5.39. The van der Waals surface area contributed by atoms with Crippen LogP contribution < -0.4 is 0 Å². The summed E-state index contributed by atoms with van der Waals surface area (Å²) in [4.78, 5) is 9.28. The molecule has 12 heavy (non-hydrogen) atoms. The predicted octanol–water partition coefficient (Wildman–Crippen LogP) is 2.69. The maximum absolute atomic E-state index is 11.2. The standard InChI is InChI=1S/C9H19O2P/c1-6-9(7(2)3,8(4)5)12(10)11/h6-8,12H,1H2,2-5H3,(H,10,11). The molecule has 72 valence electrons. The zero-order chi connectivity index (χ0) is 9.94. The Morgan fingerprint density at radius 1 is 1.33 bits per heavy atom. The van der Waals surface area contributed by atoms with Gasteiger partial charge in [-0.15, -0.1) is 6.58 Å². The van der Waals surface area contributed by atoms with E-state index in [1.165, 1.54) is 0 Å². The molecule has 1 atom stereocenters. The lowest BCUT2D eigenvalue weighted by molar-refractivity contribution is 0.347. The summed E-state index contributed by atoms with van der Waals surface area (Å²) in [5.41, 5.74) is 0. The average molecular weight is 190 g/mol. The van der Waals surface area contributed by atoms with E-state index in [0.29, 0.717) is 0 Å². The van der Waals surface area contributed by atoms with Crippen LogP contribution in [-0.2, 0) is 4.57 Å². The molecule has 0 rings (SSSR count). The van der Waals surface area contributed by atoms with Gasteiger partial charge in [0.1, 0.15) is 0 Å². The van der Waals surface area contributed by atoms with Crippen LogP contribution in [0, 0.1) is 11.8 Å². The highest BCUT2D eigenvalue weighted by molar-refractivity contribution is 7.40. The molecule has 1 N–H and O–H groups in total. The van der Waals surface area contributed by atoms with Crippen LogP contribution in [0.4, 0.5) is 0 Å². The fourth-order valence-electron chi connectivity index (χ4n) is 1.72. The molecule has 3 heteroatoms. The van der Waals surface area contributed by atoms with Crippen LogP contribution in [0.5, 0.6) is 0 Å². The molecule has 0 aromatic carbocycles. The summed E-state index contributed by atoms with van der Waals surface area (Å²) in [6.07, 6.45) is 1.64. The van der Waals surface area contributed by atoms with Crippen molar-refractivity contribution in [1.29, 1.82) is 0 Å². The van der Waals surface area contributed by atoms with Gasteiger partial charge in [-0.3, -0.25) is 4.57 Å². The molecule has 0 aliphatic carbocycles. The molecule has 0 heterocycles. The van der Waals surface area contributed by atoms with Gasteiger partial charge in [0.05, 0.1) is 5.16 Å². The van der Waals surface area contributed by atoms with Crippen molar-refractivity contribution in [3.63, 3.8) is 0 Å². The van der Waals surface area contributed by atoms with Crippen LogP contribution in [0.25, 0.3) is 0 Å². The maximum atomic E-state index is 11.2. The Balaban J connectivity index is 5.03. The molecule has 0 aliphatic heterocycles. The Morgan fingerprint density at radius 2 is 1.67 bits per heavy atom. The Morgan fingerprint density at radius 3 is 1.67 bits per heavy atom. The quantitative estimate of drug-likeness (QED) is 0.546. The van der Waals surface area contributed by atoms with Gasteiger partial charge in [0.25, 0.3) is 0 Å². The van der Waals surface area contributed by atoms with Gasteiger partial charge >= 0.3 is 0 Å². The Labute approximate surface area is 75.6 Å². The first-order valence-corrected chi connectivity index (χ1v) is 5.62. The summed E-state index contributed by atoms with van der Waals surface area (Å²) in [7, 11) is -2.55. The Kier molecular flexibility index (Phi) is 4.22. The average Bonchev–Trinajstić information content (AvgIpc) is 1.86. The lowest BCUT2D eigenvalue weighted by Crippen LogP contribution is -2.34. The fraction of sp³-hybridized carbons (Fsp3) is 0.778. The van der Waals surface area contributed by atoms with Gasteiger partial charge in [-0.1, -0.05) is 33.8 Å². The second-order valence-corrected chi connectivity index (χ2v) is 5.23. The summed E-state index contributed by atoms with van der Waals surface area (Å²) >= 11 is 0. The fourth-order valence-corrected chi connectivity index (χ4v) is 2.88. The van der Waals surface area contributed by atoms with Gasteiger partial charge in [0.2, 0.25) is 0 Å². The molecule has 0 fully saturated rings. The molecular formula is C9H19O2P. The second kappa shape index (κ2) is 4.25. The molecule has 0 aromatic heterocycles. The summed E-state index contributed by atoms with van der Waals surface area (Å²) in [6.45, 7) is 11.5. The normalized spacial score (nSPS) is 15.2. The first kappa shape index (κ1) is 11.9. The molecular weight excluding hydrogens is 171 g/mol. The topological polar surface area (TPSA) is 37.3 Å². The van der Waals surface area contributed by atoms with Crippen molar-refractivity contribution in [2.24, 2.45) is 11.8 Å². The van der Waals surface area contributed by atoms with Crippen molar-refractivity contribution in [3.8, 4) is 0 Å². The van der Waals surface area contributed by atoms with Gasteiger partial charge in [-0.25, -0.2) is 0 Å². The van der Waals surface area contributed by atoms with E-state index < -0.39 is 13.2 Å². The van der Waals surface area contributed by atoms with E-state index in [-0.39, 0.29) is 11.8 Å². The predicted molar refractivity (Wildman–Crippen MR) is 53.8 cm³/mol. The van der Waals surface area contributed by atoms with E-state index in [2.05, 4.69) is 6.58 Å². The molecule has 0 saturated heterocycles. The van der Waals surface area contributed by atoms with Crippen LogP contribution in [0.2, 0.25) is 0 Å². The third-order valence-corrected chi connectivity index (χ3v) is 4.72. The van der Waals surface area contributed by atoms with E-state index >= 15 is 0 Å². The SMILES string of the molecule is C=CC(C(C)C)(C(C)C)[PH](=O)O. The van der Waals surface area contributed by atoms with Crippen molar-refractivity contribution >= 4 is 8.03 Å². The number of rotatable bonds is 4. The van der Waals surface area contributed by atoms with Crippen molar-refractivity contribution < 1.29 is 9.46 Å². The van der Waals surface area contributed by atoms with Crippen molar-refractivity contribution in [1.82, 2.24) is 0 Å². The monoisotopic (exact) mass is 190 g/mol. The van der Waals surface area contributed by atoms with Crippen LogP contribution in [-0.4, -0.2) is 10.0 Å². The van der Waals surface area contributed by atoms with Crippen LogP contribution in [0.1, 0.15) is 27.7 Å². The summed E-state index contributed by atoms with van der Waals surface area (Å²) in [5, 5.41) is -0.593. The highest BCUT2D eigenvalue weighted by Gasteiger charge is 2.39. The van der Waals surface area contributed by atoms with Crippen molar-refractivity contribution in [2.75, 3.05) is 0 Å². The van der Waals surface area contributed by atoms with E-state index in [1.807, 2.05) is 27.7 Å². The lowest BCUT2D eigenvalue weighted by atomic mass is 9.84. The highest BCUT2D eigenvalue weighted by Crippen LogP contribution is 2.47. The highest BCUT2D eigenvalue weighted by atomic mass is 31.1. The van der Waals surface area contributed by atoms with E-state index in [1.54, 1.807) is 6.08 Å². The third-order valence-electron chi connectivity index (χ3n) is 2.62.